The minimum absolute atomic E-state index is 0.179. The number of hydrogen-bond donors (Lipinski definition) is 2. The summed E-state index contributed by atoms with van der Waals surface area (Å²) in [6.07, 6.45) is 0.931. The van der Waals surface area contributed by atoms with Crippen LogP contribution < -0.4 is 10.6 Å². The number of urea groups is 1. The molecule has 0 aromatic carbocycles. The smallest absolute Gasteiger partial charge is 0.316 e. The second kappa shape index (κ2) is 5.97. The highest BCUT2D eigenvalue weighted by Gasteiger charge is 2.02. The summed E-state index contributed by atoms with van der Waals surface area (Å²) in [5.41, 5.74) is 0. The van der Waals surface area contributed by atoms with Gasteiger partial charge in [0.25, 0.3) is 0 Å². The maximum Gasteiger partial charge on any atom is 0.316 e. The highest BCUT2D eigenvalue weighted by Crippen LogP contribution is 1.85. The van der Waals surface area contributed by atoms with Crippen molar-refractivity contribution in [2.75, 3.05) is 13.8 Å². The number of carbonyl (C=O) groups is 1. The Hall–Kier alpha value is -0.770. The van der Waals surface area contributed by atoms with Crippen LogP contribution in [-0.4, -0.2) is 25.9 Å². The molecule has 0 bridgehead atoms. The first kappa shape index (κ1) is 10.2. The monoisotopic (exact) mass is 160 g/mol. The fraction of sp³-hybridized carbons (Fsp3) is 0.857. The number of amides is 2. The molecule has 66 valence electrons. The lowest BCUT2D eigenvalue weighted by Crippen LogP contribution is -2.41. The lowest BCUT2D eigenvalue weighted by atomic mass is 10.3. The van der Waals surface area contributed by atoms with E-state index in [1.54, 1.807) is 0 Å². The summed E-state index contributed by atoms with van der Waals surface area (Å²) in [6, 6.07) is 0.0352. The Kier molecular flexibility index (Phi) is 5.56. The number of carbonyl (C=O) groups excluding carboxylic acids is 1. The average molecular weight is 160 g/mol. The van der Waals surface area contributed by atoms with E-state index in [9.17, 15) is 4.79 Å². The third kappa shape index (κ3) is 5.66. The van der Waals surface area contributed by atoms with E-state index in [0.29, 0.717) is 0 Å². The lowest BCUT2D eigenvalue weighted by Gasteiger charge is -2.11. The van der Waals surface area contributed by atoms with Crippen LogP contribution in [0.1, 0.15) is 20.3 Å². The molecule has 1 unspecified atom stereocenters. The van der Waals surface area contributed by atoms with Gasteiger partial charge in [-0.2, -0.15) is 0 Å². The van der Waals surface area contributed by atoms with Crippen LogP contribution in [0, 0.1) is 0 Å². The molecule has 0 aliphatic heterocycles. The average Bonchev–Trinajstić information content (AvgIpc) is 2.00. The molecule has 0 heterocycles. The van der Waals surface area contributed by atoms with E-state index < -0.39 is 0 Å². The van der Waals surface area contributed by atoms with Gasteiger partial charge in [0.05, 0.1) is 0 Å². The van der Waals surface area contributed by atoms with Crippen LogP contribution >= 0.6 is 0 Å². The second-order valence-electron chi connectivity index (χ2n) is 2.39. The second-order valence-corrected chi connectivity index (χ2v) is 2.39. The van der Waals surface area contributed by atoms with Crippen molar-refractivity contribution in [1.82, 2.24) is 10.6 Å². The van der Waals surface area contributed by atoms with Gasteiger partial charge in [0.1, 0.15) is 6.73 Å². The Labute approximate surface area is 67.3 Å². The minimum atomic E-state index is -0.179. The first-order chi connectivity index (χ1) is 5.20. The van der Waals surface area contributed by atoms with Crippen LogP contribution in [0.4, 0.5) is 4.79 Å². The molecule has 1 atom stereocenters. The Bertz CT molecular complexity index is 117. The van der Waals surface area contributed by atoms with Crippen LogP contribution in [0.25, 0.3) is 0 Å². The number of ether oxygens (including phenoxy) is 1. The Morgan fingerprint density at radius 2 is 2.27 bits per heavy atom. The molecule has 2 amide bonds. The van der Waals surface area contributed by atoms with Crippen LogP contribution in [0.5, 0.6) is 0 Å². The van der Waals surface area contributed by atoms with Crippen LogP contribution in [0.3, 0.4) is 0 Å². The molecule has 4 nitrogen and oxygen atoms in total. The van der Waals surface area contributed by atoms with Crippen molar-refractivity contribution in [3.63, 3.8) is 0 Å². The van der Waals surface area contributed by atoms with E-state index >= 15 is 0 Å². The molecule has 0 aliphatic carbocycles. The number of rotatable bonds is 4. The van der Waals surface area contributed by atoms with Gasteiger partial charge in [0, 0.05) is 13.2 Å². The summed E-state index contributed by atoms with van der Waals surface area (Å²) in [5, 5.41) is 5.26. The maximum absolute atomic E-state index is 10.9. The summed E-state index contributed by atoms with van der Waals surface area (Å²) < 4.78 is 4.66. The predicted octanol–water partition coefficient (Wildman–Crippen LogP) is 0.688. The van der Waals surface area contributed by atoms with E-state index in [-0.39, 0.29) is 18.8 Å². The van der Waals surface area contributed by atoms with Crippen molar-refractivity contribution in [1.29, 1.82) is 0 Å². The Morgan fingerprint density at radius 1 is 1.64 bits per heavy atom. The standard InChI is InChI=1S/C7H16N2O2/c1-4-6(2)9-7(10)8-5-11-3/h6H,4-5H2,1-3H3,(H2,8,9,10). The van der Waals surface area contributed by atoms with Crippen molar-refractivity contribution in [3.05, 3.63) is 0 Å². The molecule has 0 aromatic heterocycles. The topological polar surface area (TPSA) is 50.4 Å². The highest BCUT2D eigenvalue weighted by molar-refractivity contribution is 5.73. The normalized spacial score (nSPS) is 12.3. The zero-order chi connectivity index (χ0) is 8.69. The lowest BCUT2D eigenvalue weighted by molar-refractivity contribution is 0.171. The SMILES string of the molecule is CCC(C)NC(=O)NCOC. The fourth-order valence-electron chi connectivity index (χ4n) is 0.515. The Balaban J connectivity index is 3.36. The van der Waals surface area contributed by atoms with Crippen molar-refractivity contribution in [2.24, 2.45) is 0 Å². The largest absolute Gasteiger partial charge is 0.364 e. The van der Waals surface area contributed by atoms with Crippen LogP contribution in [0.15, 0.2) is 0 Å². The van der Waals surface area contributed by atoms with E-state index in [4.69, 9.17) is 0 Å². The van der Waals surface area contributed by atoms with Gasteiger partial charge in [0.2, 0.25) is 0 Å². The van der Waals surface area contributed by atoms with Gasteiger partial charge in [-0.25, -0.2) is 4.79 Å². The van der Waals surface area contributed by atoms with Gasteiger partial charge >= 0.3 is 6.03 Å². The summed E-state index contributed by atoms with van der Waals surface area (Å²) >= 11 is 0. The van der Waals surface area contributed by atoms with E-state index in [1.807, 2.05) is 13.8 Å². The molecule has 4 heteroatoms. The molecule has 0 saturated carbocycles. The fourth-order valence-corrected chi connectivity index (χ4v) is 0.515. The van der Waals surface area contributed by atoms with Crippen LogP contribution in [0.2, 0.25) is 0 Å². The molecule has 0 fully saturated rings. The van der Waals surface area contributed by atoms with Gasteiger partial charge < -0.3 is 15.4 Å². The molecule has 0 saturated heterocycles. The van der Waals surface area contributed by atoms with Gasteiger partial charge in [-0.3, -0.25) is 0 Å². The van der Waals surface area contributed by atoms with E-state index in [0.717, 1.165) is 6.42 Å². The quantitative estimate of drug-likeness (QED) is 0.594. The van der Waals surface area contributed by atoms with Gasteiger partial charge in [-0.1, -0.05) is 6.92 Å². The number of methoxy groups -OCH3 is 1. The molecule has 0 spiro atoms. The molecule has 11 heavy (non-hydrogen) atoms. The molecule has 0 rings (SSSR count). The van der Waals surface area contributed by atoms with Gasteiger partial charge in [-0.15, -0.1) is 0 Å². The summed E-state index contributed by atoms with van der Waals surface area (Å²) in [7, 11) is 1.53. The first-order valence-corrected chi connectivity index (χ1v) is 3.74. The Morgan fingerprint density at radius 3 is 2.73 bits per heavy atom. The zero-order valence-corrected chi connectivity index (χ0v) is 7.31. The summed E-state index contributed by atoms with van der Waals surface area (Å²) in [4.78, 5) is 10.9. The number of nitrogens with one attached hydrogen (secondary N) is 2. The third-order valence-electron chi connectivity index (χ3n) is 1.37. The highest BCUT2D eigenvalue weighted by atomic mass is 16.5. The van der Waals surface area contributed by atoms with Crippen LogP contribution in [-0.2, 0) is 4.74 Å². The predicted molar refractivity (Wildman–Crippen MR) is 43.3 cm³/mol. The van der Waals surface area contributed by atoms with Gasteiger partial charge in [-0.05, 0) is 13.3 Å². The summed E-state index contributed by atoms with van der Waals surface area (Å²) in [6.45, 7) is 4.22. The third-order valence-corrected chi connectivity index (χ3v) is 1.37. The zero-order valence-electron chi connectivity index (χ0n) is 7.31. The molecule has 0 aromatic rings. The molecular weight excluding hydrogens is 144 g/mol. The van der Waals surface area contributed by atoms with Crippen molar-refractivity contribution >= 4 is 6.03 Å². The molecular formula is C7H16N2O2. The van der Waals surface area contributed by atoms with Crippen molar-refractivity contribution < 1.29 is 9.53 Å². The molecule has 0 radical (unpaired) electrons. The van der Waals surface area contributed by atoms with Gasteiger partial charge in [0.15, 0.2) is 0 Å². The molecule has 0 aliphatic rings. The van der Waals surface area contributed by atoms with E-state index in [1.165, 1.54) is 7.11 Å². The number of hydrogen-bond acceptors (Lipinski definition) is 2. The first-order valence-electron chi connectivity index (χ1n) is 3.74. The van der Waals surface area contributed by atoms with Crippen molar-refractivity contribution in [3.8, 4) is 0 Å². The summed E-state index contributed by atoms with van der Waals surface area (Å²) in [5.74, 6) is 0. The minimum Gasteiger partial charge on any atom is -0.364 e. The van der Waals surface area contributed by atoms with E-state index in [2.05, 4.69) is 15.4 Å². The maximum atomic E-state index is 10.9. The molecule has 2 N–H and O–H groups in total. The van der Waals surface area contributed by atoms with Crippen molar-refractivity contribution in [2.45, 2.75) is 26.3 Å².